The highest BCUT2D eigenvalue weighted by Gasteiger charge is 2.21. The van der Waals surface area contributed by atoms with Gasteiger partial charge in [-0.3, -0.25) is 4.79 Å². The molecule has 0 bridgehead atoms. The third kappa shape index (κ3) is 5.23. The van der Waals surface area contributed by atoms with Gasteiger partial charge in [0.25, 0.3) is 5.91 Å². The van der Waals surface area contributed by atoms with Gasteiger partial charge in [-0.1, -0.05) is 26.7 Å². The summed E-state index contributed by atoms with van der Waals surface area (Å²) in [4.78, 5) is 12.4. The molecule has 1 aliphatic heterocycles. The van der Waals surface area contributed by atoms with Crippen molar-refractivity contribution in [3.63, 3.8) is 0 Å². The van der Waals surface area contributed by atoms with Crippen LogP contribution in [0.25, 0.3) is 0 Å². The van der Waals surface area contributed by atoms with Crippen molar-refractivity contribution in [2.45, 2.75) is 51.7 Å². The van der Waals surface area contributed by atoms with E-state index < -0.39 is 6.10 Å². The van der Waals surface area contributed by atoms with Crippen molar-refractivity contribution < 1.29 is 9.90 Å². The molecule has 23 heavy (non-hydrogen) atoms. The molecule has 0 spiro atoms. The van der Waals surface area contributed by atoms with Crippen molar-refractivity contribution in [3.05, 3.63) is 24.0 Å². The van der Waals surface area contributed by atoms with Crippen LogP contribution in [-0.4, -0.2) is 41.3 Å². The van der Waals surface area contributed by atoms with Gasteiger partial charge in [-0.05, 0) is 44.0 Å². The average molecular weight is 344 g/mol. The minimum atomic E-state index is -0.471. The molecule has 2 rings (SSSR count). The van der Waals surface area contributed by atoms with Crippen molar-refractivity contribution >= 4 is 18.3 Å². The molecule has 0 saturated carbocycles. The first-order valence-corrected chi connectivity index (χ1v) is 8.51. The van der Waals surface area contributed by atoms with E-state index in [9.17, 15) is 9.90 Å². The number of piperidine rings is 1. The molecule has 132 valence electrons. The largest absolute Gasteiger partial charge is 0.391 e. The second kappa shape index (κ2) is 9.96. The van der Waals surface area contributed by atoms with E-state index in [-0.39, 0.29) is 24.2 Å². The molecule has 1 fully saturated rings. The van der Waals surface area contributed by atoms with Gasteiger partial charge in [0.15, 0.2) is 0 Å². The van der Waals surface area contributed by atoms with Crippen LogP contribution < -0.4 is 10.6 Å². The molecule has 0 aromatic carbocycles. The van der Waals surface area contributed by atoms with Crippen molar-refractivity contribution in [1.82, 2.24) is 15.2 Å². The van der Waals surface area contributed by atoms with Gasteiger partial charge in [-0.2, -0.15) is 0 Å². The number of nitrogens with zero attached hydrogens (tertiary/aromatic N) is 1. The Hall–Kier alpha value is -1.04. The van der Waals surface area contributed by atoms with E-state index in [1.54, 1.807) is 0 Å². The van der Waals surface area contributed by atoms with Crippen molar-refractivity contribution in [2.75, 3.05) is 19.6 Å². The predicted octanol–water partition coefficient (Wildman–Crippen LogP) is 2.36. The maximum absolute atomic E-state index is 12.4. The van der Waals surface area contributed by atoms with Gasteiger partial charge in [0, 0.05) is 18.8 Å². The van der Waals surface area contributed by atoms with Gasteiger partial charge in [-0.15, -0.1) is 12.4 Å². The summed E-state index contributed by atoms with van der Waals surface area (Å²) in [5.74, 6) is 0.157. The molecular formula is C17H30ClN3O2. The molecule has 1 aromatic rings. The Labute approximate surface area is 145 Å². The van der Waals surface area contributed by atoms with E-state index >= 15 is 0 Å². The number of amides is 1. The molecule has 1 amide bonds. The summed E-state index contributed by atoms with van der Waals surface area (Å²) in [6, 6.07) is 4.18. The minimum Gasteiger partial charge on any atom is -0.391 e. The van der Waals surface area contributed by atoms with Crippen LogP contribution in [-0.2, 0) is 0 Å². The number of halogens is 1. The number of hydrogen-bond donors (Lipinski definition) is 3. The maximum atomic E-state index is 12.4. The molecule has 0 radical (unpaired) electrons. The molecule has 1 unspecified atom stereocenters. The lowest BCUT2D eigenvalue weighted by Gasteiger charge is -2.26. The summed E-state index contributed by atoms with van der Waals surface area (Å²) >= 11 is 0. The second-order valence-corrected chi connectivity index (χ2v) is 6.14. The van der Waals surface area contributed by atoms with Gasteiger partial charge in [0.05, 0.1) is 6.10 Å². The lowest BCUT2D eigenvalue weighted by atomic mass is 9.96. The fourth-order valence-electron chi connectivity index (χ4n) is 3.28. The lowest BCUT2D eigenvalue weighted by Crippen LogP contribution is -2.37. The normalized spacial score (nSPS) is 16.9. The Balaban J connectivity index is 0.00000264. The minimum absolute atomic E-state index is 0. The highest BCUT2D eigenvalue weighted by atomic mass is 35.5. The SMILES string of the molecule is CCC(CC)C(O)CNC(=O)c1cccn1C1CCNCC1.Cl. The van der Waals surface area contributed by atoms with Gasteiger partial charge in [0.2, 0.25) is 0 Å². The topological polar surface area (TPSA) is 66.3 Å². The summed E-state index contributed by atoms with van der Waals surface area (Å²) < 4.78 is 2.08. The smallest absolute Gasteiger partial charge is 0.268 e. The Morgan fingerprint density at radius 3 is 2.65 bits per heavy atom. The summed E-state index contributed by atoms with van der Waals surface area (Å²) in [5.41, 5.74) is 0.698. The zero-order chi connectivity index (χ0) is 15.9. The number of rotatable bonds is 7. The van der Waals surface area contributed by atoms with Crippen LogP contribution >= 0.6 is 12.4 Å². The number of carbonyl (C=O) groups is 1. The van der Waals surface area contributed by atoms with E-state index in [1.807, 2.05) is 18.3 Å². The highest BCUT2D eigenvalue weighted by molar-refractivity contribution is 5.92. The fraction of sp³-hybridized carbons (Fsp3) is 0.706. The molecule has 0 aliphatic carbocycles. The molecule has 3 N–H and O–H groups in total. The van der Waals surface area contributed by atoms with E-state index in [0.29, 0.717) is 18.3 Å². The van der Waals surface area contributed by atoms with Crippen LogP contribution in [0, 0.1) is 5.92 Å². The molecule has 5 nitrogen and oxygen atoms in total. The Morgan fingerprint density at radius 1 is 1.39 bits per heavy atom. The first kappa shape index (κ1) is 20.0. The van der Waals surface area contributed by atoms with Crippen LogP contribution in [0.4, 0.5) is 0 Å². The first-order chi connectivity index (χ1) is 10.7. The van der Waals surface area contributed by atoms with Gasteiger partial charge >= 0.3 is 0 Å². The molecular weight excluding hydrogens is 314 g/mol. The van der Waals surface area contributed by atoms with E-state index in [2.05, 4.69) is 29.0 Å². The molecule has 1 atom stereocenters. The highest BCUT2D eigenvalue weighted by Crippen LogP contribution is 2.21. The standard InChI is InChI=1S/C17H29N3O2.ClH/c1-3-13(4-2)16(21)12-19-17(22)15-6-5-11-20(15)14-7-9-18-10-8-14;/h5-6,11,13-14,16,18,21H,3-4,7-10,12H2,1-2H3,(H,19,22);1H. The molecule has 6 heteroatoms. The van der Waals surface area contributed by atoms with Crippen LogP contribution in [0.3, 0.4) is 0 Å². The summed E-state index contributed by atoms with van der Waals surface area (Å²) in [7, 11) is 0. The predicted molar refractivity (Wildman–Crippen MR) is 95.2 cm³/mol. The number of nitrogens with one attached hydrogen (secondary N) is 2. The summed E-state index contributed by atoms with van der Waals surface area (Å²) in [5, 5.41) is 16.4. The number of hydrogen-bond acceptors (Lipinski definition) is 3. The van der Waals surface area contributed by atoms with Crippen LogP contribution in [0.5, 0.6) is 0 Å². The average Bonchev–Trinajstić information content (AvgIpc) is 3.04. The maximum Gasteiger partial charge on any atom is 0.268 e. The van der Waals surface area contributed by atoms with Crippen LogP contribution in [0.2, 0.25) is 0 Å². The molecule has 1 aliphatic rings. The Bertz CT molecular complexity index is 468. The zero-order valence-corrected chi connectivity index (χ0v) is 14.9. The number of carbonyl (C=O) groups excluding carboxylic acids is 1. The van der Waals surface area contributed by atoms with E-state index in [4.69, 9.17) is 0 Å². The van der Waals surface area contributed by atoms with Crippen molar-refractivity contribution in [1.29, 1.82) is 0 Å². The van der Waals surface area contributed by atoms with E-state index in [1.165, 1.54) is 0 Å². The molecule has 1 saturated heterocycles. The monoisotopic (exact) mass is 343 g/mol. The van der Waals surface area contributed by atoms with Crippen LogP contribution in [0.1, 0.15) is 56.1 Å². The van der Waals surface area contributed by atoms with Crippen LogP contribution in [0.15, 0.2) is 18.3 Å². The Kier molecular flexibility index (Phi) is 8.66. The zero-order valence-electron chi connectivity index (χ0n) is 14.1. The lowest BCUT2D eigenvalue weighted by molar-refractivity contribution is 0.0807. The second-order valence-electron chi connectivity index (χ2n) is 6.14. The van der Waals surface area contributed by atoms with Gasteiger partial charge in [0.1, 0.15) is 5.69 Å². The van der Waals surface area contributed by atoms with Crippen molar-refractivity contribution in [2.24, 2.45) is 5.92 Å². The number of aromatic nitrogens is 1. The quantitative estimate of drug-likeness (QED) is 0.712. The third-order valence-corrected chi connectivity index (χ3v) is 4.78. The summed E-state index contributed by atoms with van der Waals surface area (Å²) in [6.07, 6.45) is 5.47. The molecule has 1 aromatic heterocycles. The number of aliphatic hydroxyl groups excluding tert-OH is 1. The Morgan fingerprint density at radius 2 is 2.04 bits per heavy atom. The summed E-state index contributed by atoms with van der Waals surface area (Å²) in [6.45, 7) is 6.46. The fourth-order valence-corrected chi connectivity index (χ4v) is 3.28. The molecule has 2 heterocycles. The van der Waals surface area contributed by atoms with Crippen molar-refractivity contribution in [3.8, 4) is 0 Å². The van der Waals surface area contributed by atoms with Gasteiger partial charge < -0.3 is 20.3 Å². The van der Waals surface area contributed by atoms with E-state index in [0.717, 1.165) is 38.8 Å². The third-order valence-electron chi connectivity index (χ3n) is 4.78. The number of aliphatic hydroxyl groups is 1. The van der Waals surface area contributed by atoms with Gasteiger partial charge in [-0.25, -0.2) is 0 Å². The first-order valence-electron chi connectivity index (χ1n) is 8.51.